The number of hydrogen-bond acceptors (Lipinski definition) is 2. The van der Waals surface area contributed by atoms with Gasteiger partial charge in [-0.3, -0.25) is 9.59 Å². The highest BCUT2D eigenvalue weighted by molar-refractivity contribution is 6.26. The molecule has 1 unspecified atom stereocenters. The molecule has 0 amide bonds. The summed E-state index contributed by atoms with van der Waals surface area (Å²) < 4.78 is 0. The van der Waals surface area contributed by atoms with Gasteiger partial charge in [0.25, 0.3) is 0 Å². The molecule has 2 nitrogen and oxygen atoms in total. The summed E-state index contributed by atoms with van der Waals surface area (Å²) in [7, 11) is 0. The van der Waals surface area contributed by atoms with Crippen molar-refractivity contribution < 1.29 is 9.59 Å². The molecule has 0 radical (unpaired) electrons. The SMILES string of the molecule is CC1=C(C2C=CCCC2)C(=O)c2ccccc2C1=O. The molecule has 0 heterocycles. The monoisotopic (exact) mass is 252 g/mol. The Morgan fingerprint density at radius 2 is 1.74 bits per heavy atom. The fraction of sp³-hybridized carbons (Fsp3) is 0.294. The lowest BCUT2D eigenvalue weighted by atomic mass is 9.76. The molecular weight excluding hydrogens is 236 g/mol. The molecule has 0 aliphatic heterocycles. The van der Waals surface area contributed by atoms with Crippen molar-refractivity contribution in [2.75, 3.05) is 0 Å². The van der Waals surface area contributed by atoms with Crippen LogP contribution in [0.3, 0.4) is 0 Å². The summed E-state index contributed by atoms with van der Waals surface area (Å²) in [6.07, 6.45) is 7.32. The van der Waals surface area contributed by atoms with Gasteiger partial charge in [-0.2, -0.15) is 0 Å². The van der Waals surface area contributed by atoms with Crippen LogP contribution >= 0.6 is 0 Å². The number of Topliss-reactive ketones (excluding diaryl/α,β-unsaturated/α-hetero) is 2. The Kier molecular flexibility index (Phi) is 2.94. The predicted octanol–water partition coefficient (Wildman–Crippen LogP) is 3.74. The summed E-state index contributed by atoms with van der Waals surface area (Å²) in [6.45, 7) is 1.79. The van der Waals surface area contributed by atoms with Gasteiger partial charge in [0.05, 0.1) is 0 Å². The molecule has 0 aromatic heterocycles. The van der Waals surface area contributed by atoms with Gasteiger partial charge in [0.2, 0.25) is 0 Å². The molecule has 96 valence electrons. The van der Waals surface area contributed by atoms with Crippen LogP contribution in [0.4, 0.5) is 0 Å². The van der Waals surface area contributed by atoms with Crippen molar-refractivity contribution in [3.05, 3.63) is 58.7 Å². The fourth-order valence-electron chi connectivity index (χ4n) is 3.02. The number of carbonyl (C=O) groups excluding carboxylic acids is 2. The van der Waals surface area contributed by atoms with Crippen molar-refractivity contribution in [2.45, 2.75) is 26.2 Å². The van der Waals surface area contributed by atoms with Gasteiger partial charge >= 0.3 is 0 Å². The van der Waals surface area contributed by atoms with E-state index in [1.54, 1.807) is 19.1 Å². The highest BCUT2D eigenvalue weighted by Gasteiger charge is 2.33. The standard InChI is InChI=1S/C17H16O2/c1-11-15(12-7-3-2-4-8-12)17(19)14-10-6-5-9-13(14)16(11)18/h3,5-7,9-10,12H,2,4,8H2,1H3. The lowest BCUT2D eigenvalue weighted by Crippen LogP contribution is -2.25. The van der Waals surface area contributed by atoms with Gasteiger partial charge in [-0.05, 0) is 26.2 Å². The molecule has 1 aromatic carbocycles. The summed E-state index contributed by atoms with van der Waals surface area (Å²) in [4.78, 5) is 25.0. The van der Waals surface area contributed by atoms with Gasteiger partial charge in [0.15, 0.2) is 11.6 Å². The van der Waals surface area contributed by atoms with Crippen molar-refractivity contribution in [1.82, 2.24) is 0 Å². The van der Waals surface area contributed by atoms with Crippen LogP contribution in [0.2, 0.25) is 0 Å². The fourth-order valence-corrected chi connectivity index (χ4v) is 3.02. The third-order valence-corrected chi connectivity index (χ3v) is 4.03. The van der Waals surface area contributed by atoms with Crippen LogP contribution in [0.5, 0.6) is 0 Å². The third kappa shape index (κ3) is 1.88. The Bertz CT molecular complexity index is 620. The van der Waals surface area contributed by atoms with Crippen LogP contribution in [-0.4, -0.2) is 11.6 Å². The van der Waals surface area contributed by atoms with Crippen molar-refractivity contribution in [3.63, 3.8) is 0 Å². The molecule has 0 saturated heterocycles. The highest BCUT2D eigenvalue weighted by atomic mass is 16.1. The molecule has 0 N–H and O–H groups in total. The van der Waals surface area contributed by atoms with Crippen LogP contribution in [-0.2, 0) is 0 Å². The molecule has 0 fully saturated rings. The topological polar surface area (TPSA) is 34.1 Å². The lowest BCUT2D eigenvalue weighted by molar-refractivity contribution is 0.0967. The summed E-state index contributed by atoms with van der Waals surface area (Å²) in [5.41, 5.74) is 2.44. The minimum absolute atomic E-state index is 0.00386. The van der Waals surface area contributed by atoms with E-state index >= 15 is 0 Å². The van der Waals surface area contributed by atoms with Gasteiger partial charge in [0.1, 0.15) is 0 Å². The number of ketones is 2. The van der Waals surface area contributed by atoms with E-state index in [9.17, 15) is 9.59 Å². The average Bonchev–Trinajstić information content (AvgIpc) is 2.46. The van der Waals surface area contributed by atoms with Crippen LogP contribution in [0.15, 0.2) is 47.6 Å². The summed E-state index contributed by atoms with van der Waals surface area (Å²) in [6, 6.07) is 7.13. The largest absolute Gasteiger partial charge is 0.289 e. The van der Waals surface area contributed by atoms with E-state index in [-0.39, 0.29) is 17.5 Å². The van der Waals surface area contributed by atoms with E-state index in [4.69, 9.17) is 0 Å². The van der Waals surface area contributed by atoms with E-state index in [1.165, 1.54) is 0 Å². The first-order valence-electron chi connectivity index (χ1n) is 6.76. The first kappa shape index (κ1) is 12.1. The molecule has 3 rings (SSSR count). The van der Waals surface area contributed by atoms with E-state index in [0.29, 0.717) is 22.3 Å². The van der Waals surface area contributed by atoms with E-state index in [0.717, 1.165) is 19.3 Å². The zero-order valence-electron chi connectivity index (χ0n) is 11.0. The second kappa shape index (κ2) is 4.61. The first-order chi connectivity index (χ1) is 9.20. The molecule has 0 bridgehead atoms. The molecule has 0 spiro atoms. The Hall–Kier alpha value is -1.96. The quantitative estimate of drug-likeness (QED) is 0.713. The summed E-state index contributed by atoms with van der Waals surface area (Å²) in [5, 5.41) is 0. The van der Waals surface area contributed by atoms with Crippen LogP contribution < -0.4 is 0 Å². The summed E-state index contributed by atoms with van der Waals surface area (Å²) >= 11 is 0. The number of hydrogen-bond donors (Lipinski definition) is 0. The summed E-state index contributed by atoms with van der Waals surface area (Å²) in [5.74, 6) is 0.145. The molecule has 1 atom stereocenters. The van der Waals surface area contributed by atoms with Crippen molar-refractivity contribution >= 4 is 11.6 Å². The number of benzene rings is 1. The maximum Gasteiger partial charge on any atom is 0.190 e. The molecule has 1 aromatic rings. The molecule has 0 saturated carbocycles. The Morgan fingerprint density at radius 1 is 1.05 bits per heavy atom. The van der Waals surface area contributed by atoms with Crippen LogP contribution in [0.1, 0.15) is 46.9 Å². The minimum atomic E-state index is 0.00386. The Morgan fingerprint density at radius 3 is 2.37 bits per heavy atom. The van der Waals surface area contributed by atoms with Gasteiger partial charge in [0, 0.05) is 28.2 Å². The van der Waals surface area contributed by atoms with Gasteiger partial charge in [-0.25, -0.2) is 0 Å². The maximum atomic E-state index is 12.6. The molecule has 2 aliphatic rings. The van der Waals surface area contributed by atoms with Gasteiger partial charge in [-0.15, -0.1) is 0 Å². The highest BCUT2D eigenvalue weighted by Crippen LogP contribution is 2.34. The van der Waals surface area contributed by atoms with Crippen LogP contribution in [0.25, 0.3) is 0 Å². The number of allylic oxidation sites excluding steroid dienone is 4. The molecular formula is C17H16O2. The van der Waals surface area contributed by atoms with Crippen molar-refractivity contribution in [3.8, 4) is 0 Å². The number of rotatable bonds is 1. The zero-order chi connectivity index (χ0) is 13.4. The van der Waals surface area contributed by atoms with E-state index < -0.39 is 0 Å². The Labute approximate surface area is 112 Å². The zero-order valence-corrected chi connectivity index (χ0v) is 11.0. The lowest BCUT2D eigenvalue weighted by Gasteiger charge is -2.25. The smallest absolute Gasteiger partial charge is 0.190 e. The minimum Gasteiger partial charge on any atom is -0.289 e. The van der Waals surface area contributed by atoms with Gasteiger partial charge in [-0.1, -0.05) is 36.4 Å². The second-order valence-electron chi connectivity index (χ2n) is 5.21. The maximum absolute atomic E-state index is 12.6. The number of carbonyl (C=O) groups is 2. The molecule has 2 aliphatic carbocycles. The normalized spacial score (nSPS) is 22.7. The van der Waals surface area contributed by atoms with Crippen molar-refractivity contribution in [2.24, 2.45) is 5.92 Å². The Balaban J connectivity index is 2.12. The predicted molar refractivity (Wildman–Crippen MR) is 74.3 cm³/mol. The molecule has 2 heteroatoms. The second-order valence-corrected chi connectivity index (χ2v) is 5.21. The van der Waals surface area contributed by atoms with E-state index in [2.05, 4.69) is 12.2 Å². The molecule has 19 heavy (non-hydrogen) atoms. The number of fused-ring (bicyclic) bond motifs is 1. The van der Waals surface area contributed by atoms with Crippen LogP contribution in [0, 0.1) is 5.92 Å². The third-order valence-electron chi connectivity index (χ3n) is 4.03. The van der Waals surface area contributed by atoms with Gasteiger partial charge < -0.3 is 0 Å². The van der Waals surface area contributed by atoms with Crippen molar-refractivity contribution in [1.29, 1.82) is 0 Å². The first-order valence-corrected chi connectivity index (χ1v) is 6.76. The average molecular weight is 252 g/mol. The van der Waals surface area contributed by atoms with E-state index in [1.807, 2.05) is 12.1 Å².